The molecule has 26 heavy (non-hydrogen) atoms. The highest BCUT2D eigenvalue weighted by Crippen LogP contribution is 2.28. The van der Waals surface area contributed by atoms with Gasteiger partial charge in [0.15, 0.2) is 5.96 Å². The lowest BCUT2D eigenvalue weighted by atomic mass is 9.98. The molecule has 1 atom stereocenters. The molecule has 0 bridgehead atoms. The van der Waals surface area contributed by atoms with Gasteiger partial charge in [0.25, 0.3) is 0 Å². The van der Waals surface area contributed by atoms with Crippen molar-refractivity contribution in [2.45, 2.75) is 32.1 Å². The van der Waals surface area contributed by atoms with Crippen LogP contribution in [0, 0.1) is 0 Å². The SMILES string of the molecule is CCc1cnc(CCNC(=NC)N2CCC(c3ccc(OC)cc3)C2)s1. The molecule has 3 rings (SSSR count). The molecule has 0 aliphatic carbocycles. The van der Waals surface area contributed by atoms with Crippen LogP contribution in [-0.2, 0) is 12.8 Å². The van der Waals surface area contributed by atoms with Gasteiger partial charge in [-0.1, -0.05) is 19.1 Å². The zero-order valence-corrected chi connectivity index (χ0v) is 16.7. The molecule has 1 N–H and O–H groups in total. The summed E-state index contributed by atoms with van der Waals surface area (Å²) in [5, 5.41) is 4.70. The normalized spacial score (nSPS) is 17.6. The summed E-state index contributed by atoms with van der Waals surface area (Å²) >= 11 is 1.81. The van der Waals surface area contributed by atoms with Crippen LogP contribution in [0.4, 0.5) is 0 Å². The fourth-order valence-electron chi connectivity index (χ4n) is 3.34. The molecule has 1 unspecified atom stereocenters. The van der Waals surface area contributed by atoms with Gasteiger partial charge in [0.2, 0.25) is 0 Å². The Morgan fingerprint density at radius 3 is 2.85 bits per heavy atom. The summed E-state index contributed by atoms with van der Waals surface area (Å²) in [4.78, 5) is 12.7. The number of rotatable bonds is 6. The number of aryl methyl sites for hydroxylation is 1. The predicted molar refractivity (Wildman–Crippen MR) is 108 cm³/mol. The van der Waals surface area contributed by atoms with Crippen LogP contribution < -0.4 is 10.1 Å². The zero-order valence-electron chi connectivity index (χ0n) is 15.9. The van der Waals surface area contributed by atoms with E-state index in [-0.39, 0.29) is 0 Å². The van der Waals surface area contributed by atoms with Crippen LogP contribution in [0.5, 0.6) is 5.75 Å². The molecule has 1 fully saturated rings. The number of methoxy groups -OCH3 is 1. The van der Waals surface area contributed by atoms with Gasteiger partial charge >= 0.3 is 0 Å². The molecule has 5 nitrogen and oxygen atoms in total. The van der Waals surface area contributed by atoms with E-state index in [2.05, 4.69) is 39.2 Å². The summed E-state index contributed by atoms with van der Waals surface area (Å²) in [6.07, 6.45) is 5.15. The third-order valence-electron chi connectivity index (χ3n) is 4.86. The molecule has 1 aliphatic rings. The Morgan fingerprint density at radius 2 is 2.19 bits per heavy atom. The van der Waals surface area contributed by atoms with E-state index in [4.69, 9.17) is 4.74 Å². The number of hydrogen-bond donors (Lipinski definition) is 1. The number of nitrogens with zero attached hydrogens (tertiary/aromatic N) is 3. The van der Waals surface area contributed by atoms with Gasteiger partial charge in [0.05, 0.1) is 12.1 Å². The number of thiazole rings is 1. The first-order valence-electron chi connectivity index (χ1n) is 9.26. The zero-order chi connectivity index (χ0) is 18.4. The molecule has 2 aromatic rings. The van der Waals surface area contributed by atoms with E-state index < -0.39 is 0 Å². The molecular formula is C20H28N4OS. The topological polar surface area (TPSA) is 49.8 Å². The van der Waals surface area contributed by atoms with Gasteiger partial charge in [-0.25, -0.2) is 4.98 Å². The first kappa shape index (κ1) is 18.7. The largest absolute Gasteiger partial charge is 0.497 e. The quantitative estimate of drug-likeness (QED) is 0.624. The number of hydrogen-bond acceptors (Lipinski definition) is 4. The summed E-state index contributed by atoms with van der Waals surface area (Å²) in [7, 11) is 3.57. The van der Waals surface area contributed by atoms with Crippen molar-refractivity contribution in [1.82, 2.24) is 15.2 Å². The third-order valence-corrected chi connectivity index (χ3v) is 6.06. The van der Waals surface area contributed by atoms with Crippen molar-refractivity contribution in [3.63, 3.8) is 0 Å². The minimum Gasteiger partial charge on any atom is -0.497 e. The van der Waals surface area contributed by atoms with E-state index in [1.165, 1.54) is 15.4 Å². The Hall–Kier alpha value is -2.08. The maximum Gasteiger partial charge on any atom is 0.193 e. The predicted octanol–water partition coefficient (Wildman–Crippen LogP) is 3.32. The molecule has 0 saturated carbocycles. The third kappa shape index (κ3) is 4.55. The lowest BCUT2D eigenvalue weighted by Crippen LogP contribution is -2.40. The number of aliphatic imine (C=N–C) groups is 1. The Kier molecular flexibility index (Phi) is 6.50. The number of ether oxygens (including phenoxy) is 1. The lowest BCUT2D eigenvalue weighted by Gasteiger charge is -2.21. The van der Waals surface area contributed by atoms with E-state index in [9.17, 15) is 0 Å². The molecule has 140 valence electrons. The van der Waals surface area contributed by atoms with E-state index >= 15 is 0 Å². The Morgan fingerprint density at radius 1 is 1.38 bits per heavy atom. The van der Waals surface area contributed by atoms with E-state index in [0.717, 1.165) is 50.6 Å². The molecular weight excluding hydrogens is 344 g/mol. The van der Waals surface area contributed by atoms with Gasteiger partial charge in [0, 0.05) is 50.1 Å². The van der Waals surface area contributed by atoms with Gasteiger partial charge in [-0.2, -0.15) is 0 Å². The Bertz CT molecular complexity index is 726. The summed E-state index contributed by atoms with van der Waals surface area (Å²) < 4.78 is 5.25. The van der Waals surface area contributed by atoms with Crippen LogP contribution in [-0.4, -0.2) is 49.6 Å². The first-order valence-corrected chi connectivity index (χ1v) is 10.1. The molecule has 0 spiro atoms. The number of aromatic nitrogens is 1. The van der Waals surface area contributed by atoms with Gasteiger partial charge in [-0.3, -0.25) is 4.99 Å². The van der Waals surface area contributed by atoms with Gasteiger partial charge in [-0.05, 0) is 30.5 Å². The Labute approximate surface area is 160 Å². The summed E-state index contributed by atoms with van der Waals surface area (Å²) in [6.45, 7) is 5.08. The molecule has 1 aromatic carbocycles. The minimum atomic E-state index is 0.547. The van der Waals surface area contributed by atoms with Crippen molar-refractivity contribution < 1.29 is 4.74 Å². The highest BCUT2D eigenvalue weighted by atomic mass is 32.1. The van der Waals surface area contributed by atoms with Crippen LogP contribution in [0.2, 0.25) is 0 Å². The minimum absolute atomic E-state index is 0.547. The fourth-order valence-corrected chi connectivity index (χ4v) is 4.20. The van der Waals surface area contributed by atoms with Crippen LogP contribution in [0.25, 0.3) is 0 Å². The summed E-state index contributed by atoms with van der Waals surface area (Å²) in [5.74, 6) is 2.45. The second-order valence-corrected chi connectivity index (χ2v) is 7.70. The molecule has 2 heterocycles. The van der Waals surface area contributed by atoms with E-state index in [1.54, 1.807) is 7.11 Å². The monoisotopic (exact) mass is 372 g/mol. The smallest absolute Gasteiger partial charge is 0.193 e. The number of likely N-dealkylation sites (tertiary alicyclic amines) is 1. The van der Waals surface area contributed by atoms with Crippen molar-refractivity contribution >= 4 is 17.3 Å². The lowest BCUT2D eigenvalue weighted by molar-refractivity contribution is 0.414. The van der Waals surface area contributed by atoms with Crippen LogP contribution >= 0.6 is 11.3 Å². The Balaban J connectivity index is 1.50. The summed E-state index contributed by atoms with van der Waals surface area (Å²) in [5.41, 5.74) is 1.37. The fraction of sp³-hybridized carbons (Fsp3) is 0.500. The average molecular weight is 373 g/mol. The number of benzene rings is 1. The standard InChI is InChI=1S/C20H28N4OS/c1-4-18-13-23-19(26-18)9-11-22-20(21-2)24-12-10-16(14-24)15-5-7-17(25-3)8-6-15/h5-8,13,16H,4,9-12,14H2,1-3H3,(H,21,22). The first-order chi connectivity index (χ1) is 12.7. The molecule has 0 amide bonds. The highest BCUT2D eigenvalue weighted by Gasteiger charge is 2.26. The van der Waals surface area contributed by atoms with E-state index in [0.29, 0.717) is 5.92 Å². The molecule has 1 aromatic heterocycles. The van der Waals surface area contributed by atoms with Crippen molar-refractivity contribution in [2.24, 2.45) is 4.99 Å². The van der Waals surface area contributed by atoms with Crippen LogP contribution in [0.3, 0.4) is 0 Å². The second-order valence-electron chi connectivity index (χ2n) is 6.50. The molecule has 1 saturated heterocycles. The summed E-state index contributed by atoms with van der Waals surface area (Å²) in [6, 6.07) is 8.45. The molecule has 1 aliphatic heterocycles. The average Bonchev–Trinajstić information content (AvgIpc) is 3.35. The van der Waals surface area contributed by atoms with Gasteiger partial charge in [-0.15, -0.1) is 11.3 Å². The second kappa shape index (κ2) is 9.03. The van der Waals surface area contributed by atoms with Crippen molar-refractivity contribution in [3.8, 4) is 5.75 Å². The van der Waals surface area contributed by atoms with Crippen LogP contribution in [0.1, 0.15) is 34.7 Å². The highest BCUT2D eigenvalue weighted by molar-refractivity contribution is 7.11. The number of nitrogens with one attached hydrogen (secondary N) is 1. The molecule has 0 radical (unpaired) electrons. The van der Waals surface area contributed by atoms with Crippen molar-refractivity contribution in [3.05, 3.63) is 45.9 Å². The van der Waals surface area contributed by atoms with Crippen LogP contribution in [0.15, 0.2) is 35.5 Å². The van der Waals surface area contributed by atoms with Crippen molar-refractivity contribution in [1.29, 1.82) is 0 Å². The van der Waals surface area contributed by atoms with Gasteiger partial charge < -0.3 is 15.0 Å². The van der Waals surface area contributed by atoms with Gasteiger partial charge in [0.1, 0.15) is 5.75 Å². The van der Waals surface area contributed by atoms with E-state index in [1.807, 2.05) is 36.7 Å². The maximum absolute atomic E-state index is 5.25. The number of guanidine groups is 1. The van der Waals surface area contributed by atoms with Crippen molar-refractivity contribution in [2.75, 3.05) is 33.8 Å². The maximum atomic E-state index is 5.25. The molecule has 6 heteroatoms.